The van der Waals surface area contributed by atoms with Crippen molar-refractivity contribution in [2.24, 2.45) is 0 Å². The molecule has 1 aromatic rings. The van der Waals surface area contributed by atoms with Crippen molar-refractivity contribution in [3.05, 3.63) is 29.3 Å². The predicted molar refractivity (Wildman–Crippen MR) is 130 cm³/mol. The molecule has 0 spiro atoms. The zero-order valence-corrected chi connectivity index (χ0v) is 21.2. The number of rotatable bonds is 6. The van der Waals surface area contributed by atoms with Crippen LogP contribution in [0.4, 0.5) is 0 Å². The second-order valence-electron chi connectivity index (χ2n) is 10.4. The topological polar surface area (TPSA) is 111 Å². The number of carbonyl (C=O) groups is 2. The normalized spacial score (nSPS) is 28.7. The van der Waals surface area contributed by atoms with Gasteiger partial charge in [-0.2, -0.15) is 5.26 Å². The molecule has 8 nitrogen and oxygen atoms in total. The number of nitriles is 1. The van der Waals surface area contributed by atoms with Crippen molar-refractivity contribution in [3.8, 4) is 6.07 Å². The minimum Gasteiger partial charge on any atom is -0.336 e. The Balaban J connectivity index is 1.39. The summed E-state index contributed by atoms with van der Waals surface area (Å²) < 4.78 is 27.0. The Hall–Kier alpha value is -2.15. The van der Waals surface area contributed by atoms with Gasteiger partial charge in [-0.15, -0.1) is 0 Å². The van der Waals surface area contributed by atoms with Gasteiger partial charge in [0.1, 0.15) is 11.6 Å². The molecule has 10 heteroatoms. The minimum absolute atomic E-state index is 0.0111. The van der Waals surface area contributed by atoms with Crippen molar-refractivity contribution in [3.63, 3.8) is 0 Å². The molecule has 2 aliphatic heterocycles. The van der Waals surface area contributed by atoms with Gasteiger partial charge in [0.05, 0.1) is 27.3 Å². The first kappa shape index (κ1) is 24.5. The molecule has 5 rings (SSSR count). The van der Waals surface area contributed by atoms with Gasteiger partial charge in [-0.1, -0.05) is 43.0 Å². The van der Waals surface area contributed by atoms with Crippen molar-refractivity contribution < 1.29 is 18.0 Å². The number of sulfone groups is 1. The van der Waals surface area contributed by atoms with Crippen LogP contribution in [0.15, 0.2) is 29.2 Å². The maximum Gasteiger partial charge on any atom is 0.244 e. The second-order valence-corrected chi connectivity index (χ2v) is 13.0. The number of likely N-dealkylation sites (tertiary alicyclic amines) is 2. The van der Waals surface area contributed by atoms with Gasteiger partial charge in [-0.3, -0.25) is 14.5 Å². The van der Waals surface area contributed by atoms with Gasteiger partial charge in [0.15, 0.2) is 9.84 Å². The van der Waals surface area contributed by atoms with Crippen molar-refractivity contribution in [2.75, 3.05) is 13.1 Å². The van der Waals surface area contributed by atoms with Crippen LogP contribution in [0.5, 0.6) is 0 Å². The average molecular weight is 519 g/mol. The molecule has 0 bridgehead atoms. The van der Waals surface area contributed by atoms with E-state index in [0.29, 0.717) is 25.3 Å². The fraction of sp³-hybridized carbons (Fsp3) is 0.640. The summed E-state index contributed by atoms with van der Waals surface area (Å²) in [5, 5.41) is 11.4. The Morgan fingerprint density at radius 2 is 1.80 bits per heavy atom. The van der Waals surface area contributed by atoms with E-state index in [1.807, 2.05) is 0 Å². The molecule has 4 aliphatic rings. The molecular formula is C25H31ClN4O4S. The number of benzene rings is 1. The first-order chi connectivity index (χ1) is 16.8. The first-order valence-electron chi connectivity index (χ1n) is 12.5. The molecule has 2 heterocycles. The molecule has 4 fully saturated rings. The molecule has 3 atom stereocenters. The molecule has 1 N–H and O–H groups in total. The number of nitrogens with zero attached hydrogens (tertiary/aromatic N) is 3. The molecule has 0 aromatic heterocycles. The highest BCUT2D eigenvalue weighted by molar-refractivity contribution is 7.92. The van der Waals surface area contributed by atoms with Gasteiger partial charge in [0, 0.05) is 19.1 Å². The number of halogens is 1. The Morgan fingerprint density at radius 1 is 1.09 bits per heavy atom. The molecule has 2 saturated carbocycles. The van der Waals surface area contributed by atoms with Crippen LogP contribution >= 0.6 is 11.6 Å². The highest BCUT2D eigenvalue weighted by Crippen LogP contribution is 2.38. The van der Waals surface area contributed by atoms with Crippen LogP contribution < -0.4 is 5.32 Å². The minimum atomic E-state index is -3.87. The predicted octanol–water partition coefficient (Wildman–Crippen LogP) is 2.66. The van der Waals surface area contributed by atoms with E-state index < -0.39 is 32.6 Å². The van der Waals surface area contributed by atoms with Crippen LogP contribution in [-0.4, -0.2) is 72.0 Å². The van der Waals surface area contributed by atoms with E-state index in [1.165, 1.54) is 23.5 Å². The Bertz CT molecular complexity index is 1160. The van der Waals surface area contributed by atoms with E-state index in [0.717, 1.165) is 32.2 Å². The maximum atomic E-state index is 13.7. The molecule has 0 radical (unpaired) electrons. The molecule has 1 aromatic carbocycles. The third kappa shape index (κ3) is 4.56. The summed E-state index contributed by atoms with van der Waals surface area (Å²) in [5.41, 5.74) is -0.893. The number of nitrogens with one attached hydrogen (secondary N) is 1. The van der Waals surface area contributed by atoms with E-state index in [2.05, 4.69) is 16.3 Å². The lowest BCUT2D eigenvalue weighted by Crippen LogP contribution is -2.62. The van der Waals surface area contributed by atoms with E-state index in [4.69, 9.17) is 11.6 Å². The summed E-state index contributed by atoms with van der Waals surface area (Å²) in [6.45, 7) is 0.795. The summed E-state index contributed by atoms with van der Waals surface area (Å²) in [7, 11) is -3.87. The van der Waals surface area contributed by atoms with Crippen LogP contribution in [0, 0.1) is 11.3 Å². The van der Waals surface area contributed by atoms with Crippen LogP contribution in [0.3, 0.4) is 0 Å². The van der Waals surface area contributed by atoms with Crippen LogP contribution in [-0.2, 0) is 19.4 Å². The van der Waals surface area contributed by atoms with Crippen molar-refractivity contribution >= 4 is 33.3 Å². The number of amides is 2. The molecular weight excluding hydrogens is 488 g/mol. The lowest BCUT2D eigenvalue weighted by Gasteiger charge is -2.48. The monoisotopic (exact) mass is 518 g/mol. The summed E-state index contributed by atoms with van der Waals surface area (Å²) in [4.78, 5) is 30.7. The lowest BCUT2D eigenvalue weighted by molar-refractivity contribution is -0.148. The zero-order valence-electron chi connectivity index (χ0n) is 19.7. The molecule has 35 heavy (non-hydrogen) atoms. The molecule has 2 aliphatic carbocycles. The van der Waals surface area contributed by atoms with E-state index in [9.17, 15) is 23.3 Å². The Morgan fingerprint density at radius 3 is 2.40 bits per heavy atom. The van der Waals surface area contributed by atoms with Gasteiger partial charge in [-0.05, 0) is 50.7 Å². The third-order valence-corrected chi connectivity index (χ3v) is 10.8. The maximum absolute atomic E-state index is 13.7. The first-order valence-corrected chi connectivity index (χ1v) is 14.5. The average Bonchev–Trinajstić information content (AvgIpc) is 3.44. The summed E-state index contributed by atoms with van der Waals surface area (Å²) in [5.74, 6) is -0.626. The zero-order chi connectivity index (χ0) is 24.8. The highest BCUT2D eigenvalue weighted by Gasteiger charge is 2.52. The Kier molecular flexibility index (Phi) is 6.58. The van der Waals surface area contributed by atoms with E-state index in [-0.39, 0.29) is 34.8 Å². The molecule has 2 amide bonds. The van der Waals surface area contributed by atoms with Crippen LogP contribution in [0.25, 0.3) is 0 Å². The summed E-state index contributed by atoms with van der Waals surface area (Å²) >= 11 is 6.20. The van der Waals surface area contributed by atoms with Crippen molar-refractivity contribution in [1.82, 2.24) is 15.1 Å². The molecule has 188 valence electrons. The van der Waals surface area contributed by atoms with Gasteiger partial charge in [-0.25, -0.2) is 8.42 Å². The second kappa shape index (κ2) is 9.38. The summed E-state index contributed by atoms with van der Waals surface area (Å²) in [6.07, 6.45) is 7.51. The Labute approximate surface area is 211 Å². The van der Waals surface area contributed by atoms with Crippen molar-refractivity contribution in [2.45, 2.75) is 91.6 Å². The fourth-order valence-electron chi connectivity index (χ4n) is 5.79. The SMILES string of the molecule is N#CC1(NC(=O)C2CC(S(=O)(=O)c3ccccc3Cl)CN2C(=O)C2CCN2C2CCCCC2)CC1. The highest BCUT2D eigenvalue weighted by atomic mass is 35.5. The number of hydrogen-bond acceptors (Lipinski definition) is 6. The van der Waals surface area contributed by atoms with Gasteiger partial charge in [0.25, 0.3) is 0 Å². The molecule has 2 saturated heterocycles. The smallest absolute Gasteiger partial charge is 0.244 e. The summed E-state index contributed by atoms with van der Waals surface area (Å²) in [6, 6.07) is 7.53. The van der Waals surface area contributed by atoms with Gasteiger partial charge < -0.3 is 10.2 Å². The third-order valence-electron chi connectivity index (χ3n) is 8.15. The lowest BCUT2D eigenvalue weighted by atomic mass is 9.88. The quantitative estimate of drug-likeness (QED) is 0.620. The van der Waals surface area contributed by atoms with E-state index in [1.54, 1.807) is 12.1 Å². The standard InChI is InChI=1S/C25H31ClN4O4S/c26-19-8-4-5-9-22(19)35(33,34)18-14-21(23(31)28-25(16-27)11-12-25)30(15-18)24(32)20-10-13-29(20)17-6-2-1-3-7-17/h4-5,8-9,17-18,20-21H,1-3,6-7,10-15H2,(H,28,31). The van der Waals surface area contributed by atoms with Crippen LogP contribution in [0.1, 0.15) is 57.8 Å². The number of hydrogen-bond donors (Lipinski definition) is 1. The largest absolute Gasteiger partial charge is 0.336 e. The molecule has 3 unspecified atom stereocenters. The fourth-order valence-corrected chi connectivity index (χ4v) is 8.01. The van der Waals surface area contributed by atoms with Crippen LogP contribution in [0.2, 0.25) is 5.02 Å². The van der Waals surface area contributed by atoms with Gasteiger partial charge >= 0.3 is 0 Å². The van der Waals surface area contributed by atoms with E-state index >= 15 is 0 Å². The number of carbonyl (C=O) groups excluding carboxylic acids is 2. The van der Waals surface area contributed by atoms with Crippen molar-refractivity contribution in [1.29, 1.82) is 5.26 Å². The van der Waals surface area contributed by atoms with Gasteiger partial charge in [0.2, 0.25) is 11.8 Å².